The molecule has 15 heteroatoms. The Labute approximate surface area is 259 Å². The van der Waals surface area contributed by atoms with Crippen LogP contribution in [0.15, 0.2) is 30.3 Å². The van der Waals surface area contributed by atoms with Crippen molar-refractivity contribution in [1.29, 1.82) is 0 Å². The second-order valence-electron chi connectivity index (χ2n) is 11.5. The molecule has 246 valence electrons. The summed E-state index contributed by atoms with van der Waals surface area (Å²) in [5, 5.41) is 5.28. The highest BCUT2D eigenvalue weighted by atomic mass is 35.5. The van der Waals surface area contributed by atoms with Gasteiger partial charge in [-0.2, -0.15) is 13.2 Å². The van der Waals surface area contributed by atoms with Gasteiger partial charge in [0.05, 0.1) is 16.6 Å². The molecule has 0 spiro atoms. The highest BCUT2D eigenvalue weighted by Crippen LogP contribution is 2.57. The van der Waals surface area contributed by atoms with Crippen LogP contribution < -0.4 is 15.4 Å². The number of amides is 2. The summed E-state index contributed by atoms with van der Waals surface area (Å²) in [4.78, 5) is 29.9. The fourth-order valence-electron chi connectivity index (χ4n) is 4.88. The number of ether oxygens (including phenoxy) is 1. The summed E-state index contributed by atoms with van der Waals surface area (Å²) in [6.45, 7) is 1.18. The molecule has 2 N–H and O–H groups in total. The molecule has 3 aromatic rings. The lowest BCUT2D eigenvalue weighted by molar-refractivity contribution is -0.192. The minimum absolute atomic E-state index is 0.0227. The van der Waals surface area contributed by atoms with Crippen LogP contribution in [0.3, 0.4) is 0 Å². The third-order valence-electron chi connectivity index (χ3n) is 7.72. The van der Waals surface area contributed by atoms with Crippen molar-refractivity contribution in [2.75, 3.05) is 6.61 Å². The molecule has 45 heavy (non-hydrogen) atoms. The SMILES string of the molecule is CC(CCC(C)(F)F)NC(=O)c1cc2nc(Cc3cc(CNC(=O)C4(C(F)(F)F)CC4)ccc3Cl)n(C)c2cc1OCC(F)F. The van der Waals surface area contributed by atoms with Crippen molar-refractivity contribution in [2.45, 2.75) is 77.1 Å². The first kappa shape index (κ1) is 34.3. The summed E-state index contributed by atoms with van der Waals surface area (Å²) in [5.41, 5.74) is -0.637. The Morgan fingerprint density at radius 2 is 1.82 bits per heavy atom. The normalized spacial score (nSPS) is 15.3. The number of carbonyl (C=O) groups is 2. The van der Waals surface area contributed by atoms with Gasteiger partial charge in [0.25, 0.3) is 12.3 Å². The number of hydrogen-bond donors (Lipinski definition) is 2. The van der Waals surface area contributed by atoms with E-state index in [-0.39, 0.29) is 43.5 Å². The number of imidazole rings is 1. The van der Waals surface area contributed by atoms with Crippen LogP contribution >= 0.6 is 11.6 Å². The molecule has 1 aromatic heterocycles. The minimum Gasteiger partial charge on any atom is -0.487 e. The zero-order chi connectivity index (χ0) is 33.3. The van der Waals surface area contributed by atoms with Crippen molar-refractivity contribution in [1.82, 2.24) is 20.2 Å². The molecule has 1 heterocycles. The van der Waals surface area contributed by atoms with E-state index in [1.165, 1.54) is 12.1 Å². The van der Waals surface area contributed by atoms with Crippen LogP contribution in [-0.2, 0) is 24.8 Å². The smallest absolute Gasteiger partial charge is 0.403 e. The summed E-state index contributed by atoms with van der Waals surface area (Å²) in [5.74, 6) is -4.42. The zero-order valence-corrected chi connectivity index (χ0v) is 25.4. The molecule has 0 bridgehead atoms. The predicted octanol–water partition coefficient (Wildman–Crippen LogP) is 6.97. The highest BCUT2D eigenvalue weighted by Gasteiger charge is 2.68. The molecule has 2 aromatic carbocycles. The first-order valence-corrected chi connectivity index (χ1v) is 14.5. The van der Waals surface area contributed by atoms with Gasteiger partial charge in [0.15, 0.2) is 0 Å². The molecule has 0 radical (unpaired) electrons. The Morgan fingerprint density at radius 3 is 2.42 bits per heavy atom. The van der Waals surface area contributed by atoms with E-state index in [2.05, 4.69) is 15.6 Å². The van der Waals surface area contributed by atoms with E-state index in [0.717, 1.165) is 6.92 Å². The average molecular weight is 665 g/mol. The third kappa shape index (κ3) is 8.19. The zero-order valence-electron chi connectivity index (χ0n) is 24.6. The molecule has 7 nitrogen and oxygen atoms in total. The average Bonchev–Trinajstić information content (AvgIpc) is 3.72. The Hall–Kier alpha value is -3.55. The Balaban J connectivity index is 1.56. The lowest BCUT2D eigenvalue weighted by Crippen LogP contribution is -2.40. The van der Waals surface area contributed by atoms with Crippen molar-refractivity contribution < 1.29 is 45.1 Å². The maximum Gasteiger partial charge on any atom is 0.403 e. The fraction of sp³-hybridized carbons (Fsp3) is 0.500. The van der Waals surface area contributed by atoms with Crippen molar-refractivity contribution in [2.24, 2.45) is 12.5 Å². The maximum absolute atomic E-state index is 13.3. The number of carbonyl (C=O) groups excluding carboxylic acids is 2. The van der Waals surface area contributed by atoms with Crippen LogP contribution in [0.1, 0.15) is 66.8 Å². The number of fused-ring (bicyclic) bond motifs is 1. The van der Waals surface area contributed by atoms with E-state index in [4.69, 9.17) is 16.3 Å². The third-order valence-corrected chi connectivity index (χ3v) is 8.09. The Kier molecular flexibility index (Phi) is 9.96. The van der Waals surface area contributed by atoms with Crippen molar-refractivity contribution in [3.05, 3.63) is 57.9 Å². The number of aromatic nitrogens is 2. The van der Waals surface area contributed by atoms with Gasteiger partial charge in [-0.05, 0) is 56.4 Å². The topological polar surface area (TPSA) is 85.3 Å². The van der Waals surface area contributed by atoms with Crippen LogP contribution in [0, 0.1) is 5.41 Å². The summed E-state index contributed by atoms with van der Waals surface area (Å²) in [7, 11) is 1.65. The molecule has 4 rings (SSSR count). The number of halogens is 8. The second-order valence-corrected chi connectivity index (χ2v) is 11.9. The first-order valence-electron chi connectivity index (χ1n) is 14.1. The number of rotatable bonds is 13. The molecule has 1 saturated carbocycles. The van der Waals surface area contributed by atoms with Gasteiger partial charge in [-0.15, -0.1) is 0 Å². The van der Waals surface area contributed by atoms with Crippen molar-refractivity contribution in [3.63, 3.8) is 0 Å². The summed E-state index contributed by atoms with van der Waals surface area (Å²) in [6.07, 6.45) is -8.31. The predicted molar refractivity (Wildman–Crippen MR) is 153 cm³/mol. The molecule has 1 aliphatic carbocycles. The molecular formula is C30H32ClF7N4O3. The monoisotopic (exact) mass is 664 g/mol. The number of benzene rings is 2. The van der Waals surface area contributed by atoms with E-state index in [1.54, 1.807) is 36.7 Å². The van der Waals surface area contributed by atoms with Gasteiger partial charge in [0, 0.05) is 43.6 Å². The van der Waals surface area contributed by atoms with Crippen molar-refractivity contribution >= 4 is 34.4 Å². The van der Waals surface area contributed by atoms with Gasteiger partial charge < -0.3 is 19.9 Å². The van der Waals surface area contributed by atoms with E-state index >= 15 is 0 Å². The van der Waals surface area contributed by atoms with Gasteiger partial charge in [-0.1, -0.05) is 23.7 Å². The van der Waals surface area contributed by atoms with Gasteiger partial charge >= 0.3 is 6.18 Å². The van der Waals surface area contributed by atoms with Crippen LogP contribution in [0.2, 0.25) is 5.02 Å². The van der Waals surface area contributed by atoms with Crippen LogP contribution in [0.25, 0.3) is 11.0 Å². The summed E-state index contributed by atoms with van der Waals surface area (Å²) in [6, 6.07) is 6.85. The first-order chi connectivity index (χ1) is 20.9. The molecule has 1 fully saturated rings. The van der Waals surface area contributed by atoms with Gasteiger partial charge in [0.2, 0.25) is 11.8 Å². The highest BCUT2D eigenvalue weighted by molar-refractivity contribution is 6.31. The summed E-state index contributed by atoms with van der Waals surface area (Å²) >= 11 is 6.40. The number of aryl methyl sites for hydroxylation is 1. The van der Waals surface area contributed by atoms with E-state index in [9.17, 15) is 40.3 Å². The van der Waals surface area contributed by atoms with E-state index in [1.807, 2.05) is 0 Å². The lowest BCUT2D eigenvalue weighted by atomic mass is 10.0. The molecule has 0 saturated heterocycles. The molecule has 1 unspecified atom stereocenters. The van der Waals surface area contributed by atoms with Gasteiger partial charge in [-0.3, -0.25) is 9.59 Å². The van der Waals surface area contributed by atoms with Crippen molar-refractivity contribution in [3.8, 4) is 5.75 Å². The molecule has 1 atom stereocenters. The number of alkyl halides is 7. The largest absolute Gasteiger partial charge is 0.487 e. The lowest BCUT2D eigenvalue weighted by Gasteiger charge is -2.18. The standard InChI is InChI=1S/C30H32ClF7N4O3/c1-16(6-7-28(2,34)35)40-26(43)19-12-21-22(13-23(19)45-15-24(32)33)42(3)25(41-21)11-18-10-17(4-5-20(18)31)14-39-27(44)29(8-9-29)30(36,37)38/h4-5,10,12-13,16,24H,6-9,11,14-15H2,1-3H3,(H,39,44)(H,40,43). The van der Waals surface area contributed by atoms with E-state index in [0.29, 0.717) is 33.0 Å². The minimum atomic E-state index is -4.63. The number of nitrogens with one attached hydrogen (secondary N) is 2. The molecule has 1 aliphatic rings. The molecule has 2 amide bonds. The van der Waals surface area contributed by atoms with Gasteiger partial charge in [0.1, 0.15) is 23.6 Å². The maximum atomic E-state index is 13.3. The molecular weight excluding hydrogens is 633 g/mol. The number of hydrogen-bond acceptors (Lipinski definition) is 4. The second kappa shape index (κ2) is 13.1. The van der Waals surface area contributed by atoms with Gasteiger partial charge in [-0.25, -0.2) is 22.5 Å². The summed E-state index contributed by atoms with van der Waals surface area (Å²) < 4.78 is 99.3. The van der Waals surface area contributed by atoms with E-state index < -0.39 is 54.8 Å². The number of nitrogens with zero attached hydrogens (tertiary/aromatic N) is 2. The van der Waals surface area contributed by atoms with Crippen LogP contribution in [0.5, 0.6) is 5.75 Å². The fourth-order valence-corrected chi connectivity index (χ4v) is 5.06. The Bertz CT molecular complexity index is 1570. The van der Waals surface area contributed by atoms with Crippen LogP contribution in [0.4, 0.5) is 30.7 Å². The van der Waals surface area contributed by atoms with Crippen LogP contribution in [-0.4, -0.2) is 52.5 Å². The Morgan fingerprint density at radius 1 is 1.13 bits per heavy atom. The quantitative estimate of drug-likeness (QED) is 0.193. The molecule has 0 aliphatic heterocycles.